The molecule has 0 bridgehead atoms. The quantitative estimate of drug-likeness (QED) is 0.621. The normalized spacial score (nSPS) is 10.6. The molecule has 0 spiro atoms. The average Bonchev–Trinajstić information content (AvgIpc) is 2.61. The molecular formula is C20H27BrNO2+. The molecule has 2 N–H and O–H groups in total. The van der Waals surface area contributed by atoms with E-state index in [1.165, 1.54) is 11.1 Å². The zero-order valence-corrected chi connectivity index (χ0v) is 16.1. The number of benzene rings is 2. The number of ether oxygens (including phenoxy) is 2. The van der Waals surface area contributed by atoms with Gasteiger partial charge in [-0.1, -0.05) is 43.7 Å². The second-order valence-electron chi connectivity index (χ2n) is 5.83. The first-order valence-corrected chi connectivity index (χ1v) is 9.38. The molecule has 2 aromatic rings. The van der Waals surface area contributed by atoms with Crippen LogP contribution in [0.1, 0.15) is 30.9 Å². The van der Waals surface area contributed by atoms with Crippen LogP contribution in [0.5, 0.6) is 11.5 Å². The average molecular weight is 393 g/mol. The maximum absolute atomic E-state index is 5.86. The molecule has 0 unspecified atom stereocenters. The lowest BCUT2D eigenvalue weighted by molar-refractivity contribution is -0.670. The van der Waals surface area contributed by atoms with Gasteiger partial charge in [-0.25, -0.2) is 0 Å². The standard InChI is InChI=1S/C20H26BrNO2/c1-3-4-12-24-20-18(21)13-17(14-19(20)23-2)15-22-11-10-16-8-6-5-7-9-16/h5-9,13-14,22H,3-4,10-12,15H2,1-2H3/p+1. The predicted molar refractivity (Wildman–Crippen MR) is 102 cm³/mol. The van der Waals surface area contributed by atoms with Crippen LogP contribution in [-0.2, 0) is 13.0 Å². The highest BCUT2D eigenvalue weighted by atomic mass is 79.9. The Morgan fingerprint density at radius 3 is 2.58 bits per heavy atom. The monoisotopic (exact) mass is 392 g/mol. The number of quaternary nitrogens is 1. The smallest absolute Gasteiger partial charge is 0.175 e. The molecule has 0 saturated heterocycles. The summed E-state index contributed by atoms with van der Waals surface area (Å²) >= 11 is 3.62. The van der Waals surface area contributed by atoms with Gasteiger partial charge in [-0.15, -0.1) is 0 Å². The van der Waals surface area contributed by atoms with Gasteiger partial charge >= 0.3 is 0 Å². The lowest BCUT2D eigenvalue weighted by Gasteiger charge is -2.14. The van der Waals surface area contributed by atoms with Crippen molar-refractivity contribution < 1.29 is 14.8 Å². The van der Waals surface area contributed by atoms with Crippen molar-refractivity contribution in [1.29, 1.82) is 0 Å². The van der Waals surface area contributed by atoms with Gasteiger partial charge in [-0.05, 0) is 40.0 Å². The zero-order valence-electron chi connectivity index (χ0n) is 14.6. The van der Waals surface area contributed by atoms with Crippen molar-refractivity contribution in [2.75, 3.05) is 20.3 Å². The van der Waals surface area contributed by atoms with E-state index in [1.54, 1.807) is 7.11 Å². The Balaban J connectivity index is 1.89. The summed E-state index contributed by atoms with van der Waals surface area (Å²) in [5.41, 5.74) is 2.61. The summed E-state index contributed by atoms with van der Waals surface area (Å²) in [4.78, 5) is 0. The summed E-state index contributed by atoms with van der Waals surface area (Å²) in [7, 11) is 1.69. The molecule has 0 fully saturated rings. The van der Waals surface area contributed by atoms with Gasteiger partial charge in [0.15, 0.2) is 11.5 Å². The molecule has 0 aliphatic heterocycles. The molecule has 3 nitrogen and oxygen atoms in total. The van der Waals surface area contributed by atoms with Crippen LogP contribution in [0, 0.1) is 0 Å². The molecule has 0 radical (unpaired) electrons. The van der Waals surface area contributed by atoms with Crippen LogP contribution in [0.3, 0.4) is 0 Å². The maximum Gasteiger partial charge on any atom is 0.175 e. The highest BCUT2D eigenvalue weighted by Crippen LogP contribution is 2.36. The van der Waals surface area contributed by atoms with Crippen molar-refractivity contribution in [3.05, 3.63) is 58.1 Å². The van der Waals surface area contributed by atoms with Gasteiger partial charge < -0.3 is 14.8 Å². The molecule has 130 valence electrons. The van der Waals surface area contributed by atoms with E-state index in [9.17, 15) is 0 Å². The van der Waals surface area contributed by atoms with Crippen molar-refractivity contribution in [2.45, 2.75) is 32.7 Å². The Morgan fingerprint density at radius 1 is 1.08 bits per heavy atom. The Labute approximate surface area is 153 Å². The van der Waals surface area contributed by atoms with Crippen LogP contribution in [0.25, 0.3) is 0 Å². The summed E-state index contributed by atoms with van der Waals surface area (Å²) in [6.07, 6.45) is 3.25. The molecule has 2 aromatic carbocycles. The topological polar surface area (TPSA) is 35.1 Å². The van der Waals surface area contributed by atoms with Gasteiger partial charge in [0.25, 0.3) is 0 Å². The fourth-order valence-corrected chi connectivity index (χ4v) is 3.14. The van der Waals surface area contributed by atoms with E-state index in [4.69, 9.17) is 9.47 Å². The van der Waals surface area contributed by atoms with Gasteiger partial charge in [-0.3, -0.25) is 0 Å². The molecule has 0 atom stereocenters. The highest BCUT2D eigenvalue weighted by Gasteiger charge is 2.12. The minimum absolute atomic E-state index is 0.716. The summed E-state index contributed by atoms with van der Waals surface area (Å²) in [5.74, 6) is 1.60. The number of hydrogen-bond donors (Lipinski definition) is 1. The van der Waals surface area contributed by atoms with Crippen LogP contribution in [0.4, 0.5) is 0 Å². The number of hydrogen-bond acceptors (Lipinski definition) is 2. The number of unbranched alkanes of at least 4 members (excludes halogenated alkanes) is 1. The van der Waals surface area contributed by atoms with E-state index in [1.807, 2.05) is 0 Å². The van der Waals surface area contributed by atoms with Crippen LogP contribution < -0.4 is 14.8 Å². The van der Waals surface area contributed by atoms with Gasteiger partial charge in [-0.2, -0.15) is 0 Å². The van der Waals surface area contributed by atoms with Crippen molar-refractivity contribution in [1.82, 2.24) is 0 Å². The third-order valence-corrected chi connectivity index (χ3v) is 4.48. The largest absolute Gasteiger partial charge is 0.493 e. The fourth-order valence-electron chi connectivity index (χ4n) is 2.53. The number of methoxy groups -OCH3 is 1. The van der Waals surface area contributed by atoms with Crippen LogP contribution in [-0.4, -0.2) is 20.3 Å². The number of nitrogens with two attached hydrogens (primary N) is 1. The molecule has 2 rings (SSSR count). The minimum atomic E-state index is 0.716. The van der Waals surface area contributed by atoms with Crippen LogP contribution in [0.15, 0.2) is 46.9 Å². The summed E-state index contributed by atoms with van der Waals surface area (Å²) in [6, 6.07) is 14.8. The SMILES string of the molecule is CCCCOc1c(Br)cc(C[NH2+]CCc2ccccc2)cc1OC. The third-order valence-electron chi connectivity index (χ3n) is 3.89. The molecule has 0 aromatic heterocycles. The third kappa shape index (κ3) is 5.84. The summed E-state index contributed by atoms with van der Waals surface area (Å²) < 4.78 is 12.3. The van der Waals surface area contributed by atoms with E-state index >= 15 is 0 Å². The van der Waals surface area contributed by atoms with E-state index in [2.05, 4.69) is 70.6 Å². The first kappa shape index (κ1) is 18.8. The molecular weight excluding hydrogens is 366 g/mol. The van der Waals surface area contributed by atoms with Gasteiger partial charge in [0.05, 0.1) is 24.7 Å². The lowest BCUT2D eigenvalue weighted by Crippen LogP contribution is -2.83. The summed E-state index contributed by atoms with van der Waals surface area (Å²) in [5, 5.41) is 2.33. The molecule has 0 saturated carbocycles. The Morgan fingerprint density at radius 2 is 1.88 bits per heavy atom. The molecule has 0 heterocycles. The minimum Gasteiger partial charge on any atom is -0.493 e. The molecule has 0 aliphatic rings. The summed E-state index contributed by atoms with van der Waals surface area (Å²) in [6.45, 7) is 4.87. The predicted octanol–water partition coefficient (Wildman–Crippen LogP) is 3.94. The number of halogens is 1. The second kappa shape index (κ2) is 10.4. The first-order valence-electron chi connectivity index (χ1n) is 8.59. The van der Waals surface area contributed by atoms with E-state index < -0.39 is 0 Å². The molecule has 4 heteroatoms. The molecule has 24 heavy (non-hydrogen) atoms. The maximum atomic E-state index is 5.86. The van der Waals surface area contributed by atoms with Crippen LogP contribution in [0.2, 0.25) is 0 Å². The lowest BCUT2D eigenvalue weighted by atomic mass is 10.1. The van der Waals surface area contributed by atoms with Gasteiger partial charge in [0, 0.05) is 12.0 Å². The highest BCUT2D eigenvalue weighted by molar-refractivity contribution is 9.10. The molecule has 0 amide bonds. The Bertz CT molecular complexity index is 617. The van der Waals surface area contributed by atoms with Crippen molar-refractivity contribution >= 4 is 15.9 Å². The Kier molecular flexibility index (Phi) is 8.13. The van der Waals surface area contributed by atoms with Crippen molar-refractivity contribution in [2.24, 2.45) is 0 Å². The van der Waals surface area contributed by atoms with Crippen molar-refractivity contribution in [3.63, 3.8) is 0 Å². The fraction of sp³-hybridized carbons (Fsp3) is 0.400. The van der Waals surface area contributed by atoms with E-state index in [0.717, 1.165) is 48.3 Å². The van der Waals surface area contributed by atoms with E-state index in [-0.39, 0.29) is 0 Å². The Hall–Kier alpha value is -1.52. The van der Waals surface area contributed by atoms with Crippen LogP contribution >= 0.6 is 15.9 Å². The van der Waals surface area contributed by atoms with E-state index in [0.29, 0.717) is 6.61 Å². The number of rotatable bonds is 10. The van der Waals surface area contributed by atoms with Gasteiger partial charge in [0.1, 0.15) is 6.54 Å². The second-order valence-corrected chi connectivity index (χ2v) is 6.68. The molecule has 0 aliphatic carbocycles. The first-order chi connectivity index (χ1) is 11.7. The van der Waals surface area contributed by atoms with Crippen molar-refractivity contribution in [3.8, 4) is 11.5 Å². The van der Waals surface area contributed by atoms with Gasteiger partial charge in [0.2, 0.25) is 0 Å². The zero-order chi connectivity index (χ0) is 17.2.